The van der Waals surface area contributed by atoms with Gasteiger partial charge in [0.05, 0.1) is 15.2 Å². The number of rotatable bonds is 4. The van der Waals surface area contributed by atoms with E-state index in [1.165, 1.54) is 30.7 Å². The maximum Gasteiger partial charge on any atom is 0.186 e. The third kappa shape index (κ3) is 3.63. The molecule has 0 amide bonds. The van der Waals surface area contributed by atoms with Crippen molar-refractivity contribution in [3.8, 4) is 0 Å². The highest BCUT2D eigenvalue weighted by atomic mass is 79.9. The first-order valence-corrected chi connectivity index (χ1v) is 7.84. The van der Waals surface area contributed by atoms with Gasteiger partial charge < -0.3 is 4.90 Å². The molecule has 5 heteroatoms. The summed E-state index contributed by atoms with van der Waals surface area (Å²) in [6, 6.07) is 4.35. The number of carbonyl (C=O) groups excluding carboxylic acids is 1. The third-order valence-corrected chi connectivity index (χ3v) is 5.13. The normalized spacial score (nSPS) is 21.4. The van der Waals surface area contributed by atoms with Gasteiger partial charge in [0.1, 0.15) is 0 Å². The van der Waals surface area contributed by atoms with Gasteiger partial charge in [-0.3, -0.25) is 9.69 Å². The van der Waals surface area contributed by atoms with Crippen LogP contribution < -0.4 is 0 Å². The molecule has 0 saturated carbocycles. The summed E-state index contributed by atoms with van der Waals surface area (Å²) < 4.78 is 1.02. The van der Waals surface area contributed by atoms with Crippen LogP contribution in [-0.2, 0) is 0 Å². The van der Waals surface area contributed by atoms with Gasteiger partial charge in [-0.05, 0) is 61.5 Å². The molecule has 1 aliphatic heterocycles. The van der Waals surface area contributed by atoms with E-state index in [4.69, 9.17) is 0 Å². The maximum atomic E-state index is 12.1. The zero-order valence-electron chi connectivity index (χ0n) is 10.9. The second-order valence-corrected chi connectivity index (χ2v) is 7.46. The topological polar surface area (TPSA) is 23.6 Å². The molecule has 0 bridgehead atoms. The van der Waals surface area contributed by atoms with Crippen molar-refractivity contribution in [3.63, 3.8) is 0 Å². The first-order chi connectivity index (χ1) is 8.56. The van der Waals surface area contributed by atoms with Gasteiger partial charge in [-0.25, -0.2) is 0 Å². The summed E-state index contributed by atoms with van der Waals surface area (Å²) in [7, 11) is 4.21. The van der Waals surface area contributed by atoms with Crippen molar-refractivity contribution in [1.82, 2.24) is 9.80 Å². The van der Waals surface area contributed by atoms with Gasteiger partial charge >= 0.3 is 0 Å². The Balaban J connectivity index is 1.90. The van der Waals surface area contributed by atoms with Gasteiger partial charge in [-0.15, -0.1) is 11.3 Å². The lowest BCUT2D eigenvalue weighted by Crippen LogP contribution is -2.46. The standard InChI is InChI=1S/C13H19BrN2OS/c1-15-7-3-4-10(8-15)16(2)9-11(17)12-5-6-13(14)18-12/h5-6,10H,3-4,7-9H2,1-2H3. The molecular weight excluding hydrogens is 312 g/mol. The minimum atomic E-state index is 0.224. The molecular formula is C13H19BrN2OS. The summed E-state index contributed by atoms with van der Waals surface area (Å²) >= 11 is 4.91. The Labute approximate surface area is 121 Å². The molecule has 1 aromatic heterocycles. The molecule has 1 aliphatic rings. The Morgan fingerprint density at radius 2 is 2.39 bits per heavy atom. The van der Waals surface area contributed by atoms with Gasteiger partial charge in [-0.2, -0.15) is 0 Å². The maximum absolute atomic E-state index is 12.1. The van der Waals surface area contributed by atoms with E-state index in [0.717, 1.165) is 15.2 Å². The highest BCUT2D eigenvalue weighted by molar-refractivity contribution is 9.11. The van der Waals surface area contributed by atoms with Crippen LogP contribution in [0.1, 0.15) is 22.5 Å². The SMILES string of the molecule is CN1CCCC(N(C)CC(=O)c2ccc(Br)s2)C1. The second kappa shape index (κ2) is 6.28. The fraction of sp³-hybridized carbons (Fsp3) is 0.615. The molecule has 0 radical (unpaired) electrons. The zero-order valence-corrected chi connectivity index (χ0v) is 13.3. The van der Waals surface area contributed by atoms with Gasteiger partial charge in [0, 0.05) is 12.6 Å². The summed E-state index contributed by atoms with van der Waals surface area (Å²) in [6.07, 6.45) is 2.42. The number of thiophene rings is 1. The first kappa shape index (κ1) is 14.2. The van der Waals surface area contributed by atoms with E-state index in [2.05, 4.69) is 39.8 Å². The quantitative estimate of drug-likeness (QED) is 0.793. The number of hydrogen-bond acceptors (Lipinski definition) is 4. The summed E-state index contributed by atoms with van der Waals surface area (Å²) in [5, 5.41) is 0. The zero-order chi connectivity index (χ0) is 13.1. The van der Waals surface area contributed by atoms with E-state index < -0.39 is 0 Å². The molecule has 2 rings (SSSR count). The lowest BCUT2D eigenvalue weighted by molar-refractivity contribution is 0.0861. The molecule has 1 aromatic rings. The molecule has 1 atom stereocenters. The fourth-order valence-corrected chi connectivity index (χ4v) is 3.71. The Morgan fingerprint density at radius 1 is 1.61 bits per heavy atom. The molecule has 1 saturated heterocycles. The molecule has 2 heterocycles. The molecule has 1 fully saturated rings. The van der Waals surface area contributed by atoms with E-state index in [1.54, 1.807) is 0 Å². The van der Waals surface area contributed by atoms with Crippen LogP contribution in [0, 0.1) is 0 Å². The van der Waals surface area contributed by atoms with Crippen LogP contribution >= 0.6 is 27.3 Å². The Hall–Kier alpha value is -0.230. The van der Waals surface area contributed by atoms with Crippen LogP contribution in [0.4, 0.5) is 0 Å². The van der Waals surface area contributed by atoms with Crippen LogP contribution in [0.2, 0.25) is 0 Å². The predicted molar refractivity (Wildman–Crippen MR) is 79.5 cm³/mol. The summed E-state index contributed by atoms with van der Waals surface area (Å²) in [5.74, 6) is 0.224. The number of Topliss-reactive ketones (excluding diaryl/α,β-unsaturated/α-hetero) is 1. The highest BCUT2D eigenvalue weighted by Crippen LogP contribution is 2.23. The molecule has 18 heavy (non-hydrogen) atoms. The van der Waals surface area contributed by atoms with Gasteiger partial charge in [0.15, 0.2) is 5.78 Å². The van der Waals surface area contributed by atoms with Crippen LogP contribution in [-0.4, -0.2) is 55.4 Å². The lowest BCUT2D eigenvalue weighted by Gasteiger charge is -2.35. The number of likely N-dealkylation sites (tertiary alicyclic amines) is 1. The second-order valence-electron chi connectivity index (χ2n) is 5.00. The van der Waals surface area contributed by atoms with Gasteiger partial charge in [0.25, 0.3) is 0 Å². The number of halogens is 1. The molecule has 0 N–H and O–H groups in total. The van der Waals surface area contributed by atoms with Crippen LogP contribution in [0.15, 0.2) is 15.9 Å². The minimum Gasteiger partial charge on any atom is -0.305 e. The van der Waals surface area contributed by atoms with Crippen molar-refractivity contribution < 1.29 is 4.79 Å². The lowest BCUT2D eigenvalue weighted by atomic mass is 10.0. The van der Waals surface area contributed by atoms with Gasteiger partial charge in [0.2, 0.25) is 0 Å². The summed E-state index contributed by atoms with van der Waals surface area (Å²) in [5.41, 5.74) is 0. The number of hydrogen-bond donors (Lipinski definition) is 0. The highest BCUT2D eigenvalue weighted by Gasteiger charge is 2.23. The number of likely N-dealkylation sites (N-methyl/N-ethyl adjacent to an activating group) is 2. The van der Waals surface area contributed by atoms with E-state index in [-0.39, 0.29) is 5.78 Å². The summed E-state index contributed by atoms with van der Waals surface area (Å²) in [4.78, 5) is 17.5. The average molecular weight is 331 g/mol. The molecule has 3 nitrogen and oxygen atoms in total. The number of carbonyl (C=O) groups is 1. The predicted octanol–water partition coefficient (Wildman–Crippen LogP) is 2.72. The molecule has 0 spiro atoms. The van der Waals surface area contributed by atoms with Crippen molar-refractivity contribution in [2.24, 2.45) is 0 Å². The van der Waals surface area contributed by atoms with E-state index >= 15 is 0 Å². The summed E-state index contributed by atoms with van der Waals surface area (Å²) in [6.45, 7) is 2.76. The van der Waals surface area contributed by atoms with Crippen molar-refractivity contribution in [2.45, 2.75) is 18.9 Å². The Kier molecular flexibility index (Phi) is 4.95. The molecule has 0 aliphatic carbocycles. The van der Waals surface area contributed by atoms with Crippen LogP contribution in [0.25, 0.3) is 0 Å². The smallest absolute Gasteiger partial charge is 0.186 e. The van der Waals surface area contributed by atoms with Gasteiger partial charge in [-0.1, -0.05) is 0 Å². The monoisotopic (exact) mass is 330 g/mol. The van der Waals surface area contributed by atoms with Crippen LogP contribution in [0.5, 0.6) is 0 Å². The van der Waals surface area contributed by atoms with Crippen molar-refractivity contribution in [2.75, 3.05) is 33.7 Å². The van der Waals surface area contributed by atoms with E-state index in [1.807, 2.05) is 12.1 Å². The van der Waals surface area contributed by atoms with Crippen molar-refractivity contribution in [3.05, 3.63) is 20.8 Å². The van der Waals surface area contributed by atoms with Crippen molar-refractivity contribution in [1.29, 1.82) is 0 Å². The number of piperidine rings is 1. The minimum absolute atomic E-state index is 0.224. The Bertz CT molecular complexity index is 421. The molecule has 1 unspecified atom stereocenters. The molecule has 100 valence electrons. The molecule has 0 aromatic carbocycles. The van der Waals surface area contributed by atoms with Crippen LogP contribution in [0.3, 0.4) is 0 Å². The first-order valence-electron chi connectivity index (χ1n) is 6.23. The van der Waals surface area contributed by atoms with E-state index in [0.29, 0.717) is 12.6 Å². The number of ketones is 1. The Morgan fingerprint density at radius 3 is 3.00 bits per heavy atom. The largest absolute Gasteiger partial charge is 0.305 e. The number of nitrogens with zero attached hydrogens (tertiary/aromatic N) is 2. The fourth-order valence-electron chi connectivity index (χ4n) is 2.40. The third-order valence-electron chi connectivity index (χ3n) is 3.46. The van der Waals surface area contributed by atoms with Crippen molar-refractivity contribution >= 4 is 33.0 Å². The van der Waals surface area contributed by atoms with E-state index in [9.17, 15) is 4.79 Å². The average Bonchev–Trinajstić information content (AvgIpc) is 2.76.